The van der Waals surface area contributed by atoms with E-state index in [1.54, 1.807) is 0 Å². The van der Waals surface area contributed by atoms with E-state index >= 15 is 0 Å². The van der Waals surface area contributed by atoms with Crippen LogP contribution in [0.1, 0.15) is 53.4 Å². The second-order valence-electron chi connectivity index (χ2n) is 3.93. The second-order valence-corrected chi connectivity index (χ2v) is 3.93. The molecule has 0 aliphatic heterocycles. The van der Waals surface area contributed by atoms with Crippen LogP contribution in [0.5, 0.6) is 0 Å². The molecule has 0 nitrogen and oxygen atoms in total. The molecule has 11 heavy (non-hydrogen) atoms. The first kappa shape index (κ1) is 10.7. The molecule has 0 heteroatoms. The zero-order valence-electron chi connectivity index (χ0n) is 8.48. The van der Waals surface area contributed by atoms with E-state index in [-0.39, 0.29) is 0 Å². The summed E-state index contributed by atoms with van der Waals surface area (Å²) in [6, 6.07) is 0. The van der Waals surface area contributed by atoms with E-state index in [1.165, 1.54) is 25.7 Å². The van der Waals surface area contributed by atoms with Crippen molar-refractivity contribution in [1.29, 1.82) is 0 Å². The van der Waals surface area contributed by atoms with E-state index in [1.807, 2.05) is 0 Å². The summed E-state index contributed by atoms with van der Waals surface area (Å²) in [6.07, 6.45) is 9.75. The summed E-state index contributed by atoms with van der Waals surface area (Å²) in [6.45, 7) is 9.08. The number of unbranched alkanes of at least 4 members (excludes halogenated alkanes) is 1. The predicted molar refractivity (Wildman–Crippen MR) is 52.7 cm³/mol. The first-order chi connectivity index (χ1) is 5.12. The minimum Gasteiger partial charge on any atom is -0.0880 e. The molecule has 0 aliphatic carbocycles. The average molecular weight is 154 g/mol. The Hall–Kier alpha value is -0.260. The van der Waals surface area contributed by atoms with Gasteiger partial charge in [-0.25, -0.2) is 0 Å². The van der Waals surface area contributed by atoms with Crippen LogP contribution in [0.2, 0.25) is 0 Å². The summed E-state index contributed by atoms with van der Waals surface area (Å²) in [4.78, 5) is 0. The Morgan fingerprint density at radius 2 is 1.73 bits per heavy atom. The van der Waals surface area contributed by atoms with Crippen molar-refractivity contribution < 1.29 is 0 Å². The van der Waals surface area contributed by atoms with E-state index in [4.69, 9.17) is 0 Å². The monoisotopic (exact) mass is 154 g/mol. The molecule has 0 saturated heterocycles. The van der Waals surface area contributed by atoms with Gasteiger partial charge in [-0.15, -0.1) is 0 Å². The third-order valence-electron chi connectivity index (χ3n) is 1.92. The summed E-state index contributed by atoms with van der Waals surface area (Å²) in [5.74, 6) is 0. The van der Waals surface area contributed by atoms with Gasteiger partial charge in [0.05, 0.1) is 0 Å². The van der Waals surface area contributed by atoms with Gasteiger partial charge in [-0.2, -0.15) is 0 Å². The van der Waals surface area contributed by atoms with Crippen LogP contribution in [-0.2, 0) is 0 Å². The molecule has 0 aromatic heterocycles. The topological polar surface area (TPSA) is 0 Å². The SMILES string of the molecule is CCCC=CC(C)(C)CCC. The van der Waals surface area contributed by atoms with Crippen LogP contribution in [0.25, 0.3) is 0 Å². The number of rotatable bonds is 5. The van der Waals surface area contributed by atoms with Crippen LogP contribution >= 0.6 is 0 Å². The molecular weight excluding hydrogens is 132 g/mol. The molecule has 0 saturated carbocycles. The van der Waals surface area contributed by atoms with Gasteiger partial charge in [-0.3, -0.25) is 0 Å². The van der Waals surface area contributed by atoms with Gasteiger partial charge >= 0.3 is 0 Å². The maximum Gasteiger partial charge on any atom is -0.0175 e. The van der Waals surface area contributed by atoms with Gasteiger partial charge in [0, 0.05) is 0 Å². The molecule has 66 valence electrons. The summed E-state index contributed by atoms with van der Waals surface area (Å²) in [5.41, 5.74) is 0.421. The highest BCUT2D eigenvalue weighted by molar-refractivity contribution is 4.94. The predicted octanol–water partition coefficient (Wildman–Crippen LogP) is 4.17. The van der Waals surface area contributed by atoms with Gasteiger partial charge in [0.15, 0.2) is 0 Å². The van der Waals surface area contributed by atoms with Crippen LogP contribution in [-0.4, -0.2) is 0 Å². The summed E-state index contributed by atoms with van der Waals surface area (Å²) < 4.78 is 0. The minimum absolute atomic E-state index is 0.421. The first-order valence-electron chi connectivity index (χ1n) is 4.80. The van der Waals surface area contributed by atoms with Gasteiger partial charge in [0.25, 0.3) is 0 Å². The molecule has 0 heterocycles. The van der Waals surface area contributed by atoms with E-state index < -0.39 is 0 Å². The van der Waals surface area contributed by atoms with Crippen molar-refractivity contribution in [3.63, 3.8) is 0 Å². The Bertz CT molecular complexity index is 109. The van der Waals surface area contributed by atoms with Crippen LogP contribution in [0.15, 0.2) is 12.2 Å². The summed E-state index contributed by atoms with van der Waals surface area (Å²) in [7, 11) is 0. The number of hydrogen-bond donors (Lipinski definition) is 0. The van der Waals surface area contributed by atoms with Crippen LogP contribution in [0.3, 0.4) is 0 Å². The van der Waals surface area contributed by atoms with Crippen molar-refractivity contribution >= 4 is 0 Å². The number of hydrogen-bond acceptors (Lipinski definition) is 0. The molecule has 0 spiro atoms. The fourth-order valence-corrected chi connectivity index (χ4v) is 1.30. The maximum atomic E-state index is 2.36. The Morgan fingerprint density at radius 3 is 2.18 bits per heavy atom. The lowest BCUT2D eigenvalue weighted by atomic mass is 9.87. The highest BCUT2D eigenvalue weighted by Gasteiger charge is 2.10. The van der Waals surface area contributed by atoms with Gasteiger partial charge < -0.3 is 0 Å². The van der Waals surface area contributed by atoms with Crippen molar-refractivity contribution in [2.24, 2.45) is 5.41 Å². The maximum absolute atomic E-state index is 2.36. The summed E-state index contributed by atoms with van der Waals surface area (Å²) in [5, 5.41) is 0. The molecule has 0 N–H and O–H groups in total. The van der Waals surface area contributed by atoms with Gasteiger partial charge in [-0.05, 0) is 18.3 Å². The fourth-order valence-electron chi connectivity index (χ4n) is 1.30. The molecular formula is C11H22. The zero-order valence-corrected chi connectivity index (χ0v) is 8.48. The van der Waals surface area contributed by atoms with E-state index in [2.05, 4.69) is 39.8 Å². The van der Waals surface area contributed by atoms with Gasteiger partial charge in [-0.1, -0.05) is 52.7 Å². The average Bonchev–Trinajstić information content (AvgIpc) is 1.87. The Morgan fingerprint density at radius 1 is 1.09 bits per heavy atom. The van der Waals surface area contributed by atoms with Crippen molar-refractivity contribution in [1.82, 2.24) is 0 Å². The normalized spacial score (nSPS) is 12.7. The third kappa shape index (κ3) is 6.15. The standard InChI is InChI=1S/C11H22/c1-5-7-8-10-11(3,4)9-6-2/h8,10H,5-7,9H2,1-4H3. The molecule has 0 aromatic carbocycles. The van der Waals surface area contributed by atoms with Gasteiger partial charge in [0.2, 0.25) is 0 Å². The van der Waals surface area contributed by atoms with Gasteiger partial charge in [0.1, 0.15) is 0 Å². The fraction of sp³-hybridized carbons (Fsp3) is 0.818. The highest BCUT2D eigenvalue weighted by atomic mass is 14.2. The Kier molecular flexibility index (Phi) is 5.27. The zero-order chi connectivity index (χ0) is 8.74. The van der Waals surface area contributed by atoms with E-state index in [9.17, 15) is 0 Å². The first-order valence-corrected chi connectivity index (χ1v) is 4.80. The van der Waals surface area contributed by atoms with Crippen molar-refractivity contribution in [2.45, 2.75) is 53.4 Å². The molecule has 0 aliphatic rings. The lowest BCUT2D eigenvalue weighted by molar-refractivity contribution is 0.430. The van der Waals surface area contributed by atoms with Crippen LogP contribution in [0, 0.1) is 5.41 Å². The largest absolute Gasteiger partial charge is 0.0880 e. The molecule has 0 atom stereocenters. The van der Waals surface area contributed by atoms with Crippen LogP contribution < -0.4 is 0 Å². The smallest absolute Gasteiger partial charge is 0.0175 e. The van der Waals surface area contributed by atoms with Crippen molar-refractivity contribution in [3.05, 3.63) is 12.2 Å². The molecule has 0 aromatic rings. The molecule has 0 radical (unpaired) electrons. The minimum atomic E-state index is 0.421. The number of allylic oxidation sites excluding steroid dienone is 2. The molecule has 0 bridgehead atoms. The summed E-state index contributed by atoms with van der Waals surface area (Å²) >= 11 is 0. The molecule has 0 unspecified atom stereocenters. The van der Waals surface area contributed by atoms with Crippen molar-refractivity contribution in [3.8, 4) is 0 Å². The Balaban J connectivity index is 3.69. The van der Waals surface area contributed by atoms with E-state index in [0.29, 0.717) is 5.41 Å². The lowest BCUT2D eigenvalue weighted by Gasteiger charge is -2.18. The van der Waals surface area contributed by atoms with Crippen LogP contribution in [0.4, 0.5) is 0 Å². The second kappa shape index (κ2) is 5.40. The molecule has 0 fully saturated rings. The molecule has 0 amide bonds. The highest BCUT2D eigenvalue weighted by Crippen LogP contribution is 2.23. The van der Waals surface area contributed by atoms with E-state index in [0.717, 1.165) is 0 Å². The Labute approximate surface area is 71.7 Å². The molecule has 0 rings (SSSR count). The van der Waals surface area contributed by atoms with Crippen molar-refractivity contribution in [2.75, 3.05) is 0 Å². The lowest BCUT2D eigenvalue weighted by Crippen LogP contribution is -2.05. The third-order valence-corrected chi connectivity index (χ3v) is 1.92. The quantitative estimate of drug-likeness (QED) is 0.521.